The third kappa shape index (κ3) is 4.39. The van der Waals surface area contributed by atoms with Crippen molar-refractivity contribution >= 4 is 10.0 Å². The molecule has 0 aromatic heterocycles. The van der Waals surface area contributed by atoms with Gasteiger partial charge in [0.15, 0.2) is 0 Å². The van der Waals surface area contributed by atoms with Crippen LogP contribution < -0.4 is 4.72 Å². The van der Waals surface area contributed by atoms with Gasteiger partial charge in [0.1, 0.15) is 0 Å². The fourth-order valence-electron chi connectivity index (χ4n) is 1.42. The first kappa shape index (κ1) is 11.9. The Balaban J connectivity index is 2.13. The van der Waals surface area contributed by atoms with Crippen molar-refractivity contribution in [3.8, 4) is 0 Å². The van der Waals surface area contributed by atoms with Crippen molar-refractivity contribution in [1.29, 1.82) is 0 Å². The van der Waals surface area contributed by atoms with Crippen LogP contribution in [0, 0.1) is 0 Å². The number of hydrogen-bond acceptors (Lipinski definition) is 3. The van der Waals surface area contributed by atoms with Crippen LogP contribution in [-0.2, 0) is 10.0 Å². The Morgan fingerprint density at radius 2 is 2.07 bits per heavy atom. The Labute approximate surface area is 86.7 Å². The summed E-state index contributed by atoms with van der Waals surface area (Å²) in [5.41, 5.74) is 0. The maximum absolute atomic E-state index is 11.3. The Hall–Kier alpha value is -0.130. The lowest BCUT2D eigenvalue weighted by Gasteiger charge is -2.15. The molecule has 0 bridgehead atoms. The second-order valence-corrected chi connectivity index (χ2v) is 5.85. The Morgan fingerprint density at radius 3 is 2.57 bits per heavy atom. The first-order valence-corrected chi connectivity index (χ1v) is 6.88. The molecule has 1 fully saturated rings. The lowest BCUT2D eigenvalue weighted by atomic mass is 10.5. The molecule has 0 heterocycles. The number of rotatable bonds is 7. The number of nitrogens with one attached hydrogen (secondary N) is 1. The average molecular weight is 220 g/mol. The number of hydrogen-bond donors (Lipinski definition) is 1. The Kier molecular flexibility index (Phi) is 4.34. The van der Waals surface area contributed by atoms with Gasteiger partial charge in [-0.1, -0.05) is 6.92 Å². The summed E-state index contributed by atoms with van der Waals surface area (Å²) in [5.74, 6) is 0.236. The Morgan fingerprint density at radius 1 is 1.43 bits per heavy atom. The molecule has 0 aromatic carbocycles. The fourth-order valence-corrected chi connectivity index (χ4v) is 2.50. The van der Waals surface area contributed by atoms with Gasteiger partial charge in [0, 0.05) is 19.1 Å². The summed E-state index contributed by atoms with van der Waals surface area (Å²) in [7, 11) is -0.962. The van der Waals surface area contributed by atoms with E-state index in [-0.39, 0.29) is 5.75 Å². The van der Waals surface area contributed by atoms with Crippen LogP contribution >= 0.6 is 0 Å². The predicted molar refractivity (Wildman–Crippen MR) is 57.7 cm³/mol. The van der Waals surface area contributed by atoms with E-state index in [1.54, 1.807) is 0 Å². The van der Waals surface area contributed by atoms with Gasteiger partial charge in [0.25, 0.3) is 0 Å². The van der Waals surface area contributed by atoms with Crippen LogP contribution in [0.2, 0.25) is 0 Å². The zero-order chi connectivity index (χ0) is 10.6. The van der Waals surface area contributed by atoms with Gasteiger partial charge in [0.2, 0.25) is 10.0 Å². The van der Waals surface area contributed by atoms with Crippen molar-refractivity contribution in [1.82, 2.24) is 9.62 Å². The quantitative estimate of drug-likeness (QED) is 0.676. The average Bonchev–Trinajstić information content (AvgIpc) is 2.85. The third-order valence-electron chi connectivity index (χ3n) is 2.43. The topological polar surface area (TPSA) is 49.4 Å². The minimum Gasteiger partial charge on any atom is -0.302 e. The van der Waals surface area contributed by atoms with Crippen LogP contribution in [0.5, 0.6) is 0 Å². The van der Waals surface area contributed by atoms with Gasteiger partial charge >= 0.3 is 0 Å². The van der Waals surface area contributed by atoms with Gasteiger partial charge in [-0.05, 0) is 26.3 Å². The van der Waals surface area contributed by atoms with Gasteiger partial charge in [-0.25, -0.2) is 13.1 Å². The van der Waals surface area contributed by atoms with E-state index in [0.717, 1.165) is 6.54 Å². The van der Waals surface area contributed by atoms with Gasteiger partial charge in [0.05, 0.1) is 5.75 Å². The minimum atomic E-state index is -3.01. The number of likely N-dealkylation sites (N-methyl/N-ethyl adjacent to an activating group) is 1. The molecule has 0 radical (unpaired) electrons. The molecule has 0 unspecified atom stereocenters. The molecular weight excluding hydrogens is 200 g/mol. The van der Waals surface area contributed by atoms with E-state index in [1.807, 2.05) is 14.0 Å². The molecule has 5 heteroatoms. The summed E-state index contributed by atoms with van der Waals surface area (Å²) >= 11 is 0. The predicted octanol–water partition coefficient (Wildman–Crippen LogP) is 0.410. The lowest BCUT2D eigenvalue weighted by molar-refractivity contribution is 0.329. The minimum absolute atomic E-state index is 0.236. The molecule has 4 nitrogen and oxygen atoms in total. The zero-order valence-corrected chi connectivity index (χ0v) is 9.81. The molecule has 14 heavy (non-hydrogen) atoms. The summed E-state index contributed by atoms with van der Waals surface area (Å²) in [6.45, 7) is 3.22. The molecule has 1 aliphatic rings. The summed E-state index contributed by atoms with van der Waals surface area (Å²) in [4.78, 5) is 2.22. The van der Waals surface area contributed by atoms with Crippen molar-refractivity contribution in [2.24, 2.45) is 0 Å². The van der Waals surface area contributed by atoms with Gasteiger partial charge in [-0.2, -0.15) is 0 Å². The maximum atomic E-state index is 11.3. The lowest BCUT2D eigenvalue weighted by Crippen LogP contribution is -2.35. The summed E-state index contributed by atoms with van der Waals surface area (Å²) in [5, 5.41) is 0. The molecule has 1 N–H and O–H groups in total. The van der Waals surface area contributed by atoms with Gasteiger partial charge < -0.3 is 4.90 Å². The SMILES string of the molecule is CCCS(=O)(=O)NCCN(C)C1CC1. The molecule has 0 aliphatic heterocycles. The van der Waals surface area contributed by atoms with E-state index in [9.17, 15) is 8.42 Å². The van der Waals surface area contributed by atoms with Crippen LogP contribution in [0.4, 0.5) is 0 Å². The molecule has 1 rings (SSSR count). The zero-order valence-electron chi connectivity index (χ0n) is 8.99. The molecule has 0 amide bonds. The first-order chi connectivity index (χ1) is 6.55. The van der Waals surface area contributed by atoms with Crippen LogP contribution in [0.3, 0.4) is 0 Å². The molecule has 0 aromatic rings. The molecule has 1 saturated carbocycles. The van der Waals surface area contributed by atoms with E-state index >= 15 is 0 Å². The van der Waals surface area contributed by atoms with Crippen LogP contribution in [0.15, 0.2) is 0 Å². The summed E-state index contributed by atoms with van der Waals surface area (Å²) in [6.07, 6.45) is 3.20. The van der Waals surface area contributed by atoms with Crippen molar-refractivity contribution in [2.45, 2.75) is 32.2 Å². The molecule has 0 saturated heterocycles. The third-order valence-corrected chi connectivity index (χ3v) is 4.02. The number of nitrogens with zero attached hydrogens (tertiary/aromatic N) is 1. The number of sulfonamides is 1. The second-order valence-electron chi connectivity index (χ2n) is 3.92. The molecule has 0 atom stereocenters. The Bertz CT molecular complexity index is 260. The smallest absolute Gasteiger partial charge is 0.211 e. The van der Waals surface area contributed by atoms with E-state index in [1.165, 1.54) is 12.8 Å². The standard InChI is InChI=1S/C9H20N2O2S/c1-3-8-14(12,13)10-6-7-11(2)9-4-5-9/h9-10H,3-8H2,1-2H3. The molecule has 1 aliphatic carbocycles. The van der Waals surface area contributed by atoms with E-state index in [4.69, 9.17) is 0 Å². The fraction of sp³-hybridized carbons (Fsp3) is 1.00. The van der Waals surface area contributed by atoms with E-state index in [0.29, 0.717) is 19.0 Å². The monoisotopic (exact) mass is 220 g/mol. The first-order valence-electron chi connectivity index (χ1n) is 5.22. The van der Waals surface area contributed by atoms with Gasteiger partial charge in [-0.3, -0.25) is 0 Å². The maximum Gasteiger partial charge on any atom is 0.211 e. The van der Waals surface area contributed by atoms with Crippen LogP contribution in [-0.4, -0.2) is 45.2 Å². The highest BCUT2D eigenvalue weighted by atomic mass is 32.2. The highest BCUT2D eigenvalue weighted by molar-refractivity contribution is 7.89. The highest BCUT2D eigenvalue weighted by Crippen LogP contribution is 2.24. The normalized spacial score (nSPS) is 17.6. The van der Waals surface area contributed by atoms with Crippen LogP contribution in [0.25, 0.3) is 0 Å². The molecular formula is C9H20N2O2S. The van der Waals surface area contributed by atoms with E-state index in [2.05, 4.69) is 9.62 Å². The van der Waals surface area contributed by atoms with Crippen LogP contribution in [0.1, 0.15) is 26.2 Å². The summed E-state index contributed by atoms with van der Waals surface area (Å²) < 4.78 is 25.1. The molecule has 0 spiro atoms. The van der Waals surface area contributed by atoms with Crippen molar-refractivity contribution < 1.29 is 8.42 Å². The highest BCUT2D eigenvalue weighted by Gasteiger charge is 2.25. The van der Waals surface area contributed by atoms with Crippen molar-refractivity contribution in [3.05, 3.63) is 0 Å². The van der Waals surface area contributed by atoms with E-state index < -0.39 is 10.0 Å². The summed E-state index contributed by atoms with van der Waals surface area (Å²) in [6, 6.07) is 0.700. The van der Waals surface area contributed by atoms with Crippen molar-refractivity contribution in [3.63, 3.8) is 0 Å². The molecule has 84 valence electrons. The van der Waals surface area contributed by atoms with Gasteiger partial charge in [-0.15, -0.1) is 0 Å². The second kappa shape index (κ2) is 5.09. The largest absolute Gasteiger partial charge is 0.302 e. The van der Waals surface area contributed by atoms with Crippen molar-refractivity contribution in [2.75, 3.05) is 25.9 Å².